The van der Waals surface area contributed by atoms with E-state index >= 15 is 0 Å². The third kappa shape index (κ3) is 3.05. The van der Waals surface area contributed by atoms with Crippen molar-refractivity contribution in [3.8, 4) is 5.75 Å². The molecule has 25 heavy (non-hydrogen) atoms. The van der Waals surface area contributed by atoms with E-state index in [1.807, 2.05) is 0 Å². The fourth-order valence-corrected chi connectivity index (χ4v) is 3.85. The average molecular weight is 362 g/mol. The minimum atomic E-state index is -3.89. The summed E-state index contributed by atoms with van der Waals surface area (Å²) in [6.45, 7) is 0.289. The lowest BCUT2D eigenvalue weighted by Crippen LogP contribution is -2.36. The number of hydrogen-bond acceptors (Lipinski definition) is 5. The minimum absolute atomic E-state index is 0.0139. The summed E-state index contributed by atoms with van der Waals surface area (Å²) in [5, 5.41) is 2.70. The van der Waals surface area contributed by atoms with Crippen LogP contribution in [0.5, 0.6) is 5.75 Å². The molecule has 132 valence electrons. The Bertz CT molecular complexity index is 943. The Morgan fingerprint density at radius 2 is 1.96 bits per heavy atom. The van der Waals surface area contributed by atoms with Crippen LogP contribution in [0.4, 0.5) is 21.9 Å². The highest BCUT2D eigenvalue weighted by atomic mass is 32.2. The summed E-state index contributed by atoms with van der Waals surface area (Å²) in [6.07, 6.45) is 0. The second-order valence-corrected chi connectivity index (χ2v) is 7.25. The van der Waals surface area contributed by atoms with E-state index < -0.39 is 10.0 Å². The van der Waals surface area contributed by atoms with Crippen LogP contribution in [0.15, 0.2) is 41.3 Å². The second kappa shape index (κ2) is 6.17. The van der Waals surface area contributed by atoms with Gasteiger partial charge in [-0.3, -0.25) is 4.72 Å². The molecular formula is C16H18N4O4S. The maximum absolute atomic E-state index is 12.7. The van der Waals surface area contributed by atoms with Gasteiger partial charge in [0.25, 0.3) is 10.0 Å². The fraction of sp³-hybridized carbons (Fsp3) is 0.188. The van der Waals surface area contributed by atoms with Gasteiger partial charge in [-0.25, -0.2) is 13.2 Å². The number of nitrogens with zero attached hydrogens (tertiary/aromatic N) is 1. The van der Waals surface area contributed by atoms with Crippen LogP contribution in [0.25, 0.3) is 0 Å². The first kappa shape index (κ1) is 16.9. The van der Waals surface area contributed by atoms with Gasteiger partial charge in [0.2, 0.25) is 0 Å². The number of nitrogen functional groups attached to an aromatic ring is 1. The normalized spacial score (nSPS) is 13.8. The number of amides is 2. The van der Waals surface area contributed by atoms with Crippen molar-refractivity contribution < 1.29 is 17.9 Å². The quantitative estimate of drug-likeness (QED) is 0.721. The molecule has 0 aromatic heterocycles. The molecule has 0 aliphatic carbocycles. The van der Waals surface area contributed by atoms with Gasteiger partial charge in [0.15, 0.2) is 0 Å². The number of rotatable bonds is 4. The molecule has 0 atom stereocenters. The number of nitrogens with one attached hydrogen (secondary N) is 2. The summed E-state index contributed by atoms with van der Waals surface area (Å²) in [5.74, 6) is 0.235. The largest absolute Gasteiger partial charge is 0.495 e. The molecule has 0 fully saturated rings. The maximum atomic E-state index is 12.7. The molecule has 1 aliphatic heterocycles. The lowest BCUT2D eigenvalue weighted by molar-refractivity contribution is 0.218. The second-order valence-electron chi connectivity index (χ2n) is 5.60. The van der Waals surface area contributed by atoms with Gasteiger partial charge in [-0.15, -0.1) is 0 Å². The van der Waals surface area contributed by atoms with Gasteiger partial charge < -0.3 is 20.7 Å². The van der Waals surface area contributed by atoms with Crippen molar-refractivity contribution in [3.63, 3.8) is 0 Å². The molecule has 4 N–H and O–H groups in total. The number of methoxy groups -OCH3 is 1. The summed E-state index contributed by atoms with van der Waals surface area (Å²) < 4.78 is 33.0. The Morgan fingerprint density at radius 3 is 2.68 bits per heavy atom. The van der Waals surface area contributed by atoms with Gasteiger partial charge >= 0.3 is 6.03 Å². The Balaban J connectivity index is 1.99. The summed E-state index contributed by atoms with van der Waals surface area (Å²) in [6, 6.07) is 9.21. The number of sulfonamides is 1. The zero-order valence-corrected chi connectivity index (χ0v) is 14.6. The Kier molecular flexibility index (Phi) is 4.17. The number of fused-ring (bicyclic) bond motifs is 1. The number of hydrogen-bond donors (Lipinski definition) is 3. The SMILES string of the molecule is COc1ccccc1S(=O)(=O)Nc1ccc2c(c1N)CN(C)C(=O)N2. The van der Waals surface area contributed by atoms with E-state index in [1.54, 1.807) is 31.3 Å². The molecule has 0 saturated heterocycles. The van der Waals surface area contributed by atoms with Crippen LogP contribution < -0.4 is 20.5 Å². The molecule has 8 nitrogen and oxygen atoms in total. The first-order valence-electron chi connectivity index (χ1n) is 7.43. The monoisotopic (exact) mass is 362 g/mol. The zero-order valence-electron chi connectivity index (χ0n) is 13.7. The van der Waals surface area contributed by atoms with Crippen LogP contribution in [0.3, 0.4) is 0 Å². The Hall–Kier alpha value is -2.94. The van der Waals surface area contributed by atoms with Crippen LogP contribution in [0.1, 0.15) is 5.56 Å². The highest BCUT2D eigenvalue weighted by Gasteiger charge is 2.25. The van der Waals surface area contributed by atoms with Gasteiger partial charge in [-0.1, -0.05) is 12.1 Å². The molecule has 0 saturated carbocycles. The smallest absolute Gasteiger partial charge is 0.321 e. The molecular weight excluding hydrogens is 344 g/mol. The van der Waals surface area contributed by atoms with Crippen LogP contribution in [-0.2, 0) is 16.6 Å². The number of anilines is 3. The third-order valence-electron chi connectivity index (χ3n) is 3.94. The van der Waals surface area contributed by atoms with E-state index in [4.69, 9.17) is 10.5 Å². The van der Waals surface area contributed by atoms with Crippen molar-refractivity contribution >= 4 is 33.1 Å². The lowest BCUT2D eigenvalue weighted by Gasteiger charge is -2.28. The van der Waals surface area contributed by atoms with E-state index in [-0.39, 0.29) is 34.6 Å². The number of ether oxygens (including phenoxy) is 1. The molecule has 3 rings (SSSR count). The number of carbonyl (C=O) groups excluding carboxylic acids is 1. The number of carbonyl (C=O) groups is 1. The van der Waals surface area contributed by atoms with Crippen molar-refractivity contribution in [2.75, 3.05) is 29.9 Å². The molecule has 0 bridgehead atoms. The predicted octanol–water partition coefficient (Wildman–Crippen LogP) is 2.06. The molecule has 9 heteroatoms. The molecule has 1 heterocycles. The van der Waals surface area contributed by atoms with Gasteiger partial charge in [0.05, 0.1) is 25.0 Å². The first-order valence-corrected chi connectivity index (χ1v) is 8.91. The lowest BCUT2D eigenvalue weighted by atomic mass is 10.1. The van der Waals surface area contributed by atoms with Crippen molar-refractivity contribution in [3.05, 3.63) is 42.0 Å². The van der Waals surface area contributed by atoms with Gasteiger partial charge in [-0.2, -0.15) is 0 Å². The standard InChI is InChI=1S/C16H18N4O4S/c1-20-9-10-11(18-16(20)21)7-8-12(15(10)17)19-25(22,23)14-6-4-3-5-13(14)24-2/h3-8,19H,9,17H2,1-2H3,(H,18,21). The first-order chi connectivity index (χ1) is 11.8. The summed E-state index contributed by atoms with van der Waals surface area (Å²) >= 11 is 0. The van der Waals surface area contributed by atoms with E-state index in [1.165, 1.54) is 24.1 Å². The summed E-state index contributed by atoms with van der Waals surface area (Å²) in [7, 11) is -0.854. The van der Waals surface area contributed by atoms with E-state index in [9.17, 15) is 13.2 Å². The Labute approximate surface area is 145 Å². The number of para-hydroxylation sites is 1. The highest BCUT2D eigenvalue weighted by molar-refractivity contribution is 7.92. The van der Waals surface area contributed by atoms with Crippen LogP contribution in [0, 0.1) is 0 Å². The Morgan fingerprint density at radius 1 is 1.24 bits per heavy atom. The fourth-order valence-electron chi connectivity index (χ4n) is 2.60. The van der Waals surface area contributed by atoms with Crippen LogP contribution >= 0.6 is 0 Å². The van der Waals surface area contributed by atoms with Crippen molar-refractivity contribution in [2.24, 2.45) is 0 Å². The molecule has 0 unspecified atom stereocenters. The molecule has 0 radical (unpaired) electrons. The van der Waals surface area contributed by atoms with Gasteiger partial charge in [0, 0.05) is 18.3 Å². The van der Waals surface area contributed by atoms with Crippen molar-refractivity contribution in [1.82, 2.24) is 4.90 Å². The number of benzene rings is 2. The number of urea groups is 1. The number of nitrogens with two attached hydrogens (primary N) is 1. The van der Waals surface area contributed by atoms with E-state index in [0.29, 0.717) is 11.3 Å². The molecule has 2 aromatic rings. The molecule has 2 amide bonds. The topological polar surface area (TPSA) is 114 Å². The van der Waals surface area contributed by atoms with Crippen LogP contribution in [0.2, 0.25) is 0 Å². The van der Waals surface area contributed by atoms with E-state index in [0.717, 1.165) is 0 Å². The summed E-state index contributed by atoms with van der Waals surface area (Å²) in [5.41, 5.74) is 7.87. The predicted molar refractivity (Wildman–Crippen MR) is 95.1 cm³/mol. The molecule has 0 spiro atoms. The highest BCUT2D eigenvalue weighted by Crippen LogP contribution is 2.35. The third-order valence-corrected chi connectivity index (χ3v) is 5.35. The van der Waals surface area contributed by atoms with Gasteiger partial charge in [-0.05, 0) is 24.3 Å². The van der Waals surface area contributed by atoms with Crippen molar-refractivity contribution in [2.45, 2.75) is 11.4 Å². The molecule has 2 aromatic carbocycles. The van der Waals surface area contributed by atoms with Gasteiger partial charge in [0.1, 0.15) is 10.6 Å². The van der Waals surface area contributed by atoms with Crippen LogP contribution in [-0.4, -0.2) is 33.5 Å². The maximum Gasteiger partial charge on any atom is 0.321 e. The summed E-state index contributed by atoms with van der Waals surface area (Å²) in [4.78, 5) is 13.2. The van der Waals surface area contributed by atoms with Crippen molar-refractivity contribution in [1.29, 1.82) is 0 Å². The minimum Gasteiger partial charge on any atom is -0.495 e. The molecule has 1 aliphatic rings. The average Bonchev–Trinajstić information content (AvgIpc) is 2.59. The van der Waals surface area contributed by atoms with E-state index in [2.05, 4.69) is 10.0 Å². The zero-order chi connectivity index (χ0) is 18.2.